The van der Waals surface area contributed by atoms with Crippen molar-refractivity contribution in [3.05, 3.63) is 35.9 Å². The first-order valence-corrected chi connectivity index (χ1v) is 15.6. The van der Waals surface area contributed by atoms with Gasteiger partial charge in [-0.05, 0) is 57.8 Å². The summed E-state index contributed by atoms with van der Waals surface area (Å²) in [6.45, 7) is 13.0. The molecule has 0 saturated carbocycles. The van der Waals surface area contributed by atoms with Gasteiger partial charge >= 0.3 is 6.09 Å². The molecule has 0 unspecified atom stereocenters. The predicted molar refractivity (Wildman–Crippen MR) is 163 cm³/mol. The highest BCUT2D eigenvalue weighted by atomic mass is 32.2. The summed E-state index contributed by atoms with van der Waals surface area (Å²) < 4.78 is 5.29. The van der Waals surface area contributed by atoms with Crippen molar-refractivity contribution in [2.75, 3.05) is 12.0 Å². The lowest BCUT2D eigenvalue weighted by molar-refractivity contribution is -0.131. The molecule has 11 heteroatoms. The van der Waals surface area contributed by atoms with Crippen LogP contribution in [0.4, 0.5) is 4.79 Å². The van der Waals surface area contributed by atoms with Gasteiger partial charge in [0, 0.05) is 18.2 Å². The summed E-state index contributed by atoms with van der Waals surface area (Å²) in [4.78, 5) is 51.1. The lowest BCUT2D eigenvalue weighted by atomic mass is 9.92. The number of aliphatic hydroxyl groups excluding tert-OH is 1. The average molecular weight is 595 g/mol. The summed E-state index contributed by atoms with van der Waals surface area (Å²) in [5, 5.41) is 22.2. The van der Waals surface area contributed by atoms with Gasteiger partial charge in [0.1, 0.15) is 17.7 Å². The monoisotopic (exact) mass is 594 g/mol. The van der Waals surface area contributed by atoms with Gasteiger partial charge in [-0.2, -0.15) is 11.8 Å². The van der Waals surface area contributed by atoms with Crippen LogP contribution in [-0.4, -0.2) is 70.8 Å². The molecule has 0 radical (unpaired) electrons. The van der Waals surface area contributed by atoms with Crippen LogP contribution in [0, 0.1) is 11.8 Å². The Morgan fingerprint density at radius 2 is 1.54 bits per heavy atom. The normalized spacial score (nSPS) is 15.2. The van der Waals surface area contributed by atoms with Gasteiger partial charge in [-0.25, -0.2) is 4.79 Å². The molecule has 0 fully saturated rings. The molecule has 0 aromatic heterocycles. The number of alkyl carbamates (subject to hydrolysis) is 1. The molecule has 10 nitrogen and oxygen atoms in total. The topological polar surface area (TPSA) is 146 Å². The van der Waals surface area contributed by atoms with Gasteiger partial charge in [0.25, 0.3) is 0 Å². The van der Waals surface area contributed by atoms with Crippen LogP contribution in [0.3, 0.4) is 0 Å². The molecule has 41 heavy (non-hydrogen) atoms. The van der Waals surface area contributed by atoms with Crippen LogP contribution in [0.5, 0.6) is 0 Å². The van der Waals surface area contributed by atoms with Gasteiger partial charge in [-0.15, -0.1) is 0 Å². The van der Waals surface area contributed by atoms with Crippen molar-refractivity contribution in [2.24, 2.45) is 11.8 Å². The third-order valence-corrected chi connectivity index (χ3v) is 6.92. The zero-order valence-corrected chi connectivity index (χ0v) is 26.6. The van der Waals surface area contributed by atoms with Crippen LogP contribution in [0.15, 0.2) is 30.3 Å². The molecule has 232 valence electrons. The predicted octanol–water partition coefficient (Wildman–Crippen LogP) is 3.37. The fraction of sp³-hybridized carbons (Fsp3) is 0.667. The third kappa shape index (κ3) is 14.6. The summed E-state index contributed by atoms with van der Waals surface area (Å²) in [5.74, 6) is -1.22. The largest absolute Gasteiger partial charge is 0.444 e. The highest BCUT2D eigenvalue weighted by Crippen LogP contribution is 2.17. The van der Waals surface area contributed by atoms with Gasteiger partial charge in [0.15, 0.2) is 0 Å². The van der Waals surface area contributed by atoms with Crippen molar-refractivity contribution < 1.29 is 29.0 Å². The highest BCUT2D eigenvalue weighted by molar-refractivity contribution is 7.98. The molecule has 0 heterocycles. The lowest BCUT2D eigenvalue weighted by Crippen LogP contribution is -2.55. The van der Waals surface area contributed by atoms with Gasteiger partial charge in [-0.1, -0.05) is 58.0 Å². The maximum absolute atomic E-state index is 13.1. The van der Waals surface area contributed by atoms with Crippen molar-refractivity contribution >= 4 is 35.6 Å². The smallest absolute Gasteiger partial charge is 0.408 e. The van der Waals surface area contributed by atoms with Gasteiger partial charge < -0.3 is 31.1 Å². The maximum Gasteiger partial charge on any atom is 0.408 e. The number of hydrogen-bond donors (Lipinski definition) is 5. The van der Waals surface area contributed by atoms with Crippen LogP contribution in [0.1, 0.15) is 73.3 Å². The van der Waals surface area contributed by atoms with E-state index in [0.29, 0.717) is 25.1 Å². The van der Waals surface area contributed by atoms with Gasteiger partial charge in [0.05, 0.1) is 12.1 Å². The molecule has 5 atom stereocenters. The molecule has 1 aromatic carbocycles. The van der Waals surface area contributed by atoms with E-state index in [4.69, 9.17) is 4.74 Å². The Kier molecular flexibility index (Phi) is 15.8. The van der Waals surface area contributed by atoms with Gasteiger partial charge in [-0.3, -0.25) is 14.4 Å². The van der Waals surface area contributed by atoms with Crippen LogP contribution in [-0.2, 0) is 25.7 Å². The van der Waals surface area contributed by atoms with Crippen LogP contribution < -0.4 is 21.3 Å². The second-order valence-electron chi connectivity index (χ2n) is 11.8. The highest BCUT2D eigenvalue weighted by Gasteiger charge is 2.31. The van der Waals surface area contributed by atoms with E-state index in [1.54, 1.807) is 27.7 Å². The molecule has 1 aromatic rings. The number of carbonyl (C=O) groups is 4. The number of amides is 4. The Balaban J connectivity index is 2.80. The van der Waals surface area contributed by atoms with E-state index < -0.39 is 47.7 Å². The Morgan fingerprint density at radius 3 is 2.07 bits per heavy atom. The summed E-state index contributed by atoms with van der Waals surface area (Å²) in [6, 6.07) is 7.30. The van der Waals surface area contributed by atoms with E-state index in [1.807, 2.05) is 57.4 Å². The SMILES string of the molecule is CC[C@H](NC(=O)[C@H](C)C[C@H](O)[C@H](CC(C)C)NC(=O)[C@H](CSC)NC(=O)OC(C)(C)C)C(=O)NCc1ccccc1. The number of carbonyl (C=O) groups excluding carboxylic acids is 4. The molecular formula is C30H50N4O6S. The quantitative estimate of drug-likeness (QED) is 0.197. The summed E-state index contributed by atoms with van der Waals surface area (Å²) in [7, 11) is 0. The molecule has 0 spiro atoms. The Hall–Kier alpha value is -2.79. The number of nitrogens with one attached hydrogen (secondary N) is 4. The molecule has 0 aliphatic carbocycles. The summed E-state index contributed by atoms with van der Waals surface area (Å²) >= 11 is 1.39. The molecule has 0 bridgehead atoms. The van der Waals surface area contributed by atoms with E-state index in [-0.39, 0.29) is 24.2 Å². The number of thioether (sulfide) groups is 1. The van der Waals surface area contributed by atoms with Crippen molar-refractivity contribution in [3.8, 4) is 0 Å². The zero-order chi connectivity index (χ0) is 31.2. The Bertz CT molecular complexity index is 969. The number of benzene rings is 1. The van der Waals surface area contributed by atoms with E-state index in [0.717, 1.165) is 5.56 Å². The third-order valence-electron chi connectivity index (χ3n) is 6.25. The average Bonchev–Trinajstić information content (AvgIpc) is 2.88. The fourth-order valence-corrected chi connectivity index (χ4v) is 4.68. The first-order chi connectivity index (χ1) is 19.2. The molecule has 1 rings (SSSR count). The minimum Gasteiger partial charge on any atom is -0.444 e. The first kappa shape index (κ1) is 36.2. The number of rotatable bonds is 16. The molecule has 4 amide bonds. The molecule has 0 aliphatic heterocycles. The number of aliphatic hydroxyl groups is 1. The van der Waals surface area contributed by atoms with Crippen LogP contribution in [0.25, 0.3) is 0 Å². The van der Waals surface area contributed by atoms with E-state index >= 15 is 0 Å². The van der Waals surface area contributed by atoms with Crippen molar-refractivity contribution in [1.29, 1.82) is 0 Å². The van der Waals surface area contributed by atoms with E-state index in [2.05, 4.69) is 21.3 Å². The van der Waals surface area contributed by atoms with Crippen molar-refractivity contribution in [3.63, 3.8) is 0 Å². The van der Waals surface area contributed by atoms with Crippen molar-refractivity contribution in [2.45, 2.75) is 104 Å². The number of ether oxygens (including phenoxy) is 1. The minimum atomic E-state index is -1.02. The summed E-state index contributed by atoms with van der Waals surface area (Å²) in [6.07, 6.45) is 1.07. The standard InChI is InChI=1S/C30H50N4O6S/c1-9-22(27(37)31-17-21-13-11-10-12-14-21)32-26(36)20(4)16-25(35)23(15-19(2)3)33-28(38)24(18-41-8)34-29(39)40-30(5,6)7/h10-14,19-20,22-25,35H,9,15-18H2,1-8H3,(H,31,37)(H,32,36)(H,33,38)(H,34,39)/t20-,22+,23+,24+,25+/m1/s1. The molecule has 0 aliphatic rings. The van der Waals surface area contributed by atoms with Gasteiger partial charge in [0.2, 0.25) is 17.7 Å². The van der Waals surface area contributed by atoms with Crippen LogP contribution in [0.2, 0.25) is 0 Å². The maximum atomic E-state index is 13.1. The minimum absolute atomic E-state index is 0.0816. The van der Waals surface area contributed by atoms with Crippen molar-refractivity contribution in [1.82, 2.24) is 21.3 Å². The second-order valence-corrected chi connectivity index (χ2v) is 12.7. The number of hydrogen-bond acceptors (Lipinski definition) is 7. The molecular weight excluding hydrogens is 544 g/mol. The van der Waals surface area contributed by atoms with Crippen LogP contribution >= 0.6 is 11.8 Å². The zero-order valence-electron chi connectivity index (χ0n) is 25.8. The fourth-order valence-electron chi connectivity index (χ4n) is 4.11. The Labute approximate surface area is 249 Å². The van der Waals surface area contributed by atoms with E-state index in [9.17, 15) is 24.3 Å². The molecule has 0 saturated heterocycles. The Morgan fingerprint density at radius 1 is 0.902 bits per heavy atom. The summed E-state index contributed by atoms with van der Waals surface area (Å²) in [5.41, 5.74) is 0.245. The second kappa shape index (κ2) is 17.9. The molecule has 5 N–H and O–H groups in total. The lowest BCUT2D eigenvalue weighted by Gasteiger charge is -2.30. The van der Waals surface area contributed by atoms with E-state index in [1.165, 1.54) is 11.8 Å². The first-order valence-electron chi connectivity index (χ1n) is 14.3.